The maximum absolute atomic E-state index is 13.7. The van der Waals surface area contributed by atoms with Crippen LogP contribution in [-0.2, 0) is 15.1 Å². The zero-order valence-corrected chi connectivity index (χ0v) is 18.1. The number of hydrogen-bond acceptors (Lipinski definition) is 6. The van der Waals surface area contributed by atoms with Crippen molar-refractivity contribution in [3.05, 3.63) is 94.2 Å². The number of Topliss-reactive ketones (excluding diaryl/α,β-unsaturated/α-hetero) is 1. The highest BCUT2D eigenvalue weighted by atomic mass is 79.9. The summed E-state index contributed by atoms with van der Waals surface area (Å²) in [6.45, 7) is 0. The molecule has 1 aliphatic carbocycles. The Morgan fingerprint density at radius 3 is 2.52 bits per heavy atom. The molecule has 3 aromatic rings. The van der Waals surface area contributed by atoms with Crippen LogP contribution in [0.15, 0.2) is 77.5 Å². The van der Waals surface area contributed by atoms with Crippen molar-refractivity contribution in [2.75, 3.05) is 7.11 Å². The molecule has 1 aliphatic heterocycles. The highest BCUT2D eigenvalue weighted by Crippen LogP contribution is 2.68. The minimum Gasteiger partial charge on any atom is -0.476 e. The normalized spacial score (nSPS) is 28.5. The second-order valence-corrected chi connectivity index (χ2v) is 8.62. The van der Waals surface area contributed by atoms with Crippen LogP contribution in [0.2, 0.25) is 0 Å². The zero-order chi connectivity index (χ0) is 21.8. The Bertz CT molecular complexity index is 1180. The van der Waals surface area contributed by atoms with Gasteiger partial charge in [0, 0.05) is 16.6 Å². The largest absolute Gasteiger partial charge is 0.476 e. The van der Waals surface area contributed by atoms with Crippen LogP contribution < -0.4 is 4.74 Å². The number of aliphatic hydroxyl groups is 1. The maximum Gasteiger partial charge on any atom is 0.313 e. The second kappa shape index (κ2) is 7.00. The molecular weight excluding hydrogens is 462 g/mol. The van der Waals surface area contributed by atoms with Crippen LogP contribution >= 0.6 is 15.9 Å². The van der Waals surface area contributed by atoms with Gasteiger partial charge in [-0.3, -0.25) is 14.6 Å². The summed E-state index contributed by atoms with van der Waals surface area (Å²) in [5.74, 6) is -2.79. The van der Waals surface area contributed by atoms with Gasteiger partial charge in [-0.25, -0.2) is 0 Å². The van der Waals surface area contributed by atoms with E-state index in [1.165, 1.54) is 25.6 Å². The van der Waals surface area contributed by atoms with Gasteiger partial charge in [-0.1, -0.05) is 58.4 Å². The number of fused-ring (bicyclic) bond motifs is 2. The monoisotopic (exact) mass is 479 g/mol. The van der Waals surface area contributed by atoms with Gasteiger partial charge in [0.25, 0.3) is 0 Å². The van der Waals surface area contributed by atoms with E-state index in [9.17, 15) is 14.7 Å². The fraction of sp³-hybridized carbons (Fsp3) is 0.208. The summed E-state index contributed by atoms with van der Waals surface area (Å²) >= 11 is 3.42. The molecular formula is C24H18BrNO5. The molecule has 1 aromatic heterocycles. The average Bonchev–Trinajstić information content (AvgIpc) is 2.80. The third-order valence-electron chi connectivity index (χ3n) is 6.32. The number of methoxy groups -OCH3 is 1. The van der Waals surface area contributed by atoms with Crippen molar-refractivity contribution in [1.29, 1.82) is 0 Å². The molecule has 6 nitrogen and oxygen atoms in total. The number of halogens is 1. The van der Waals surface area contributed by atoms with Crippen molar-refractivity contribution in [1.82, 2.24) is 4.98 Å². The summed E-state index contributed by atoms with van der Waals surface area (Å²) in [7, 11) is 1.25. The summed E-state index contributed by atoms with van der Waals surface area (Å²) in [4.78, 5) is 30.7. The lowest BCUT2D eigenvalue weighted by atomic mass is 9.44. The standard InChI is InChI=1S/C24H18BrNO5/c1-30-22(28)20-19(14-5-3-2-4-6-14)24(15-7-9-16(25)10-8-15)23(20,29)21(27)17-11-12-26-13-18(17)31-24/h2-13,19-20,29H,1H3. The maximum atomic E-state index is 13.7. The van der Waals surface area contributed by atoms with E-state index in [0.29, 0.717) is 5.56 Å². The summed E-state index contributed by atoms with van der Waals surface area (Å²) < 4.78 is 12.3. The molecule has 1 fully saturated rings. The first kappa shape index (κ1) is 19.9. The molecule has 0 spiro atoms. The van der Waals surface area contributed by atoms with Crippen molar-refractivity contribution in [3.63, 3.8) is 0 Å². The summed E-state index contributed by atoms with van der Waals surface area (Å²) in [6.07, 6.45) is 2.91. The molecule has 0 bridgehead atoms. The SMILES string of the molecule is COC(=O)C1C(c2ccccc2)C2(c3ccc(Br)cc3)Oc3cnccc3C(=O)C12O. The zero-order valence-electron chi connectivity index (χ0n) is 16.5. The molecule has 7 heteroatoms. The number of rotatable bonds is 3. The van der Waals surface area contributed by atoms with Gasteiger partial charge in [0.05, 0.1) is 18.9 Å². The Kier molecular flexibility index (Phi) is 4.50. The van der Waals surface area contributed by atoms with E-state index >= 15 is 0 Å². The Hall–Kier alpha value is -3.03. The number of carbonyl (C=O) groups excluding carboxylic acids is 2. The molecule has 4 atom stereocenters. The fourth-order valence-corrected chi connectivity index (χ4v) is 5.27. The van der Waals surface area contributed by atoms with Crippen LogP contribution in [0, 0.1) is 5.92 Å². The Morgan fingerprint density at radius 2 is 1.84 bits per heavy atom. The quantitative estimate of drug-likeness (QED) is 0.577. The van der Waals surface area contributed by atoms with Gasteiger partial charge in [-0.2, -0.15) is 0 Å². The average molecular weight is 480 g/mol. The highest BCUT2D eigenvalue weighted by Gasteiger charge is 2.82. The minimum absolute atomic E-state index is 0.186. The molecule has 2 aliphatic rings. The molecule has 1 N–H and O–H groups in total. The van der Waals surface area contributed by atoms with Crippen LogP contribution in [0.4, 0.5) is 0 Å². The minimum atomic E-state index is -2.15. The van der Waals surface area contributed by atoms with Crippen molar-refractivity contribution < 1.29 is 24.2 Å². The second-order valence-electron chi connectivity index (χ2n) is 7.70. The smallest absolute Gasteiger partial charge is 0.313 e. The number of benzene rings is 2. The number of hydrogen-bond donors (Lipinski definition) is 1. The predicted molar refractivity (Wildman–Crippen MR) is 115 cm³/mol. The van der Waals surface area contributed by atoms with Gasteiger partial charge >= 0.3 is 5.97 Å². The third-order valence-corrected chi connectivity index (χ3v) is 6.85. The van der Waals surface area contributed by atoms with E-state index in [4.69, 9.17) is 9.47 Å². The van der Waals surface area contributed by atoms with E-state index in [1.807, 2.05) is 42.5 Å². The van der Waals surface area contributed by atoms with Crippen molar-refractivity contribution in [2.45, 2.75) is 17.1 Å². The molecule has 0 amide bonds. The van der Waals surface area contributed by atoms with Crippen molar-refractivity contribution in [3.8, 4) is 5.75 Å². The molecule has 2 aromatic carbocycles. The van der Waals surface area contributed by atoms with Crippen molar-refractivity contribution >= 4 is 27.7 Å². The number of nitrogens with zero attached hydrogens (tertiary/aromatic N) is 1. The van der Waals surface area contributed by atoms with Crippen LogP contribution in [0.3, 0.4) is 0 Å². The molecule has 31 heavy (non-hydrogen) atoms. The number of ketones is 1. The number of esters is 1. The molecule has 156 valence electrons. The first-order valence-corrected chi connectivity index (χ1v) is 10.5. The van der Waals surface area contributed by atoms with Gasteiger partial charge in [-0.05, 0) is 29.3 Å². The van der Waals surface area contributed by atoms with E-state index in [2.05, 4.69) is 20.9 Å². The molecule has 0 radical (unpaired) electrons. The number of aromatic nitrogens is 1. The third kappa shape index (κ3) is 2.50. The molecule has 4 unspecified atom stereocenters. The Balaban J connectivity index is 1.83. The van der Waals surface area contributed by atoms with Gasteiger partial charge in [0.1, 0.15) is 11.7 Å². The summed E-state index contributed by atoms with van der Waals surface area (Å²) in [5, 5.41) is 12.0. The summed E-state index contributed by atoms with van der Waals surface area (Å²) in [6, 6.07) is 17.9. The molecule has 2 heterocycles. The lowest BCUT2D eigenvalue weighted by Gasteiger charge is -2.65. The Morgan fingerprint density at radius 1 is 1.13 bits per heavy atom. The predicted octanol–water partition coefficient (Wildman–Crippen LogP) is 3.63. The van der Waals surface area contributed by atoms with Gasteiger partial charge in [0.15, 0.2) is 11.2 Å². The lowest BCUT2D eigenvalue weighted by Crippen LogP contribution is -2.80. The van der Waals surface area contributed by atoms with Crippen LogP contribution in [0.5, 0.6) is 5.75 Å². The van der Waals surface area contributed by atoms with E-state index in [-0.39, 0.29) is 11.3 Å². The lowest BCUT2D eigenvalue weighted by molar-refractivity contribution is -0.251. The fourth-order valence-electron chi connectivity index (χ4n) is 5.00. The van der Waals surface area contributed by atoms with E-state index < -0.39 is 34.8 Å². The van der Waals surface area contributed by atoms with Gasteiger partial charge in [0.2, 0.25) is 5.78 Å². The summed E-state index contributed by atoms with van der Waals surface area (Å²) in [5.41, 5.74) is -2.16. The first-order valence-electron chi connectivity index (χ1n) is 9.74. The van der Waals surface area contributed by atoms with E-state index in [1.54, 1.807) is 12.1 Å². The molecule has 1 saturated carbocycles. The topological polar surface area (TPSA) is 85.7 Å². The molecule has 5 rings (SSSR count). The Labute approximate surface area is 187 Å². The highest BCUT2D eigenvalue weighted by molar-refractivity contribution is 9.10. The van der Waals surface area contributed by atoms with Gasteiger partial charge in [-0.15, -0.1) is 0 Å². The van der Waals surface area contributed by atoms with Crippen molar-refractivity contribution in [2.24, 2.45) is 5.92 Å². The van der Waals surface area contributed by atoms with Gasteiger partial charge < -0.3 is 14.6 Å². The number of carbonyl (C=O) groups is 2. The van der Waals surface area contributed by atoms with Crippen LogP contribution in [0.25, 0.3) is 0 Å². The number of pyridine rings is 1. The number of ether oxygens (including phenoxy) is 2. The van der Waals surface area contributed by atoms with Crippen LogP contribution in [0.1, 0.15) is 27.4 Å². The van der Waals surface area contributed by atoms with Crippen LogP contribution in [-0.4, -0.2) is 34.6 Å². The molecule has 0 saturated heterocycles. The first-order chi connectivity index (χ1) is 14.9. The van der Waals surface area contributed by atoms with E-state index in [0.717, 1.165) is 10.0 Å².